The lowest BCUT2D eigenvalue weighted by molar-refractivity contribution is 0.387. The number of benzene rings is 1. The molecular formula is C14H18ClFN2O2S. The Balaban J connectivity index is 2.57. The molecule has 1 aromatic heterocycles. The fourth-order valence-electron chi connectivity index (χ4n) is 2.17. The van der Waals surface area contributed by atoms with Gasteiger partial charge >= 0.3 is 0 Å². The third kappa shape index (κ3) is 3.37. The van der Waals surface area contributed by atoms with Crippen LogP contribution in [0.5, 0.6) is 5.75 Å². The molecule has 7 heteroatoms. The van der Waals surface area contributed by atoms with Crippen molar-refractivity contribution in [3.63, 3.8) is 0 Å². The molecule has 21 heavy (non-hydrogen) atoms. The van der Waals surface area contributed by atoms with Crippen molar-refractivity contribution in [3.8, 4) is 5.75 Å². The summed E-state index contributed by atoms with van der Waals surface area (Å²) in [6.07, 6.45) is 2.24. The van der Waals surface area contributed by atoms with Gasteiger partial charge < -0.3 is 9.30 Å². The molecule has 0 saturated carbocycles. The molecule has 0 aliphatic heterocycles. The predicted molar refractivity (Wildman–Crippen MR) is 84.2 cm³/mol. The van der Waals surface area contributed by atoms with Gasteiger partial charge in [0.1, 0.15) is 5.82 Å². The highest BCUT2D eigenvalue weighted by atomic mass is 35.5. The number of halogens is 2. The summed E-state index contributed by atoms with van der Waals surface area (Å²) in [6.45, 7) is 2.45. The fraction of sp³-hybridized carbons (Fsp3) is 0.500. The molecule has 0 bridgehead atoms. The molecule has 0 fully saturated rings. The van der Waals surface area contributed by atoms with Crippen molar-refractivity contribution in [2.45, 2.75) is 25.1 Å². The molecular weight excluding hydrogens is 315 g/mol. The number of methoxy groups -OCH3 is 1. The zero-order valence-corrected chi connectivity index (χ0v) is 13.8. The first-order valence-corrected chi connectivity index (χ1v) is 8.74. The largest absolute Gasteiger partial charge is 0.494 e. The number of fused-ring (bicyclic) bond motifs is 1. The van der Waals surface area contributed by atoms with Gasteiger partial charge in [0.05, 0.1) is 18.1 Å². The van der Waals surface area contributed by atoms with Crippen LogP contribution in [0, 0.1) is 5.82 Å². The Hall–Kier alpha value is -1.14. The maximum absolute atomic E-state index is 13.8. The van der Waals surface area contributed by atoms with Gasteiger partial charge in [0.25, 0.3) is 0 Å². The minimum absolute atomic E-state index is 0.0347. The van der Waals surface area contributed by atoms with Crippen molar-refractivity contribution in [2.24, 2.45) is 0 Å². The summed E-state index contributed by atoms with van der Waals surface area (Å²) in [4.78, 5) is 4.44. The second-order valence-corrected chi connectivity index (χ2v) is 7.04. The predicted octanol–water partition coefficient (Wildman–Crippen LogP) is 2.73. The molecule has 0 spiro atoms. The normalized spacial score (nSPS) is 14.3. The van der Waals surface area contributed by atoms with E-state index in [2.05, 4.69) is 4.98 Å². The van der Waals surface area contributed by atoms with Crippen LogP contribution >= 0.6 is 11.6 Å². The summed E-state index contributed by atoms with van der Waals surface area (Å²) < 4.78 is 32.4. The van der Waals surface area contributed by atoms with Gasteiger partial charge in [0, 0.05) is 53.3 Å². The number of ether oxygens (including phenoxy) is 1. The van der Waals surface area contributed by atoms with Gasteiger partial charge in [-0.15, -0.1) is 11.6 Å². The monoisotopic (exact) mass is 332 g/mol. The van der Waals surface area contributed by atoms with Crippen LogP contribution in [0.15, 0.2) is 12.1 Å². The van der Waals surface area contributed by atoms with Crippen LogP contribution in [0.4, 0.5) is 4.39 Å². The van der Waals surface area contributed by atoms with E-state index in [-0.39, 0.29) is 11.0 Å². The Morgan fingerprint density at radius 1 is 1.52 bits per heavy atom. The van der Waals surface area contributed by atoms with Crippen LogP contribution < -0.4 is 4.74 Å². The van der Waals surface area contributed by atoms with E-state index in [0.717, 1.165) is 11.3 Å². The second-order valence-electron chi connectivity index (χ2n) is 4.86. The van der Waals surface area contributed by atoms with E-state index in [9.17, 15) is 8.60 Å². The van der Waals surface area contributed by atoms with Gasteiger partial charge in [-0.05, 0) is 6.92 Å². The molecule has 116 valence electrons. The van der Waals surface area contributed by atoms with Gasteiger partial charge in [-0.1, -0.05) is 0 Å². The Morgan fingerprint density at radius 2 is 2.24 bits per heavy atom. The maximum Gasteiger partial charge on any atom is 0.167 e. The van der Waals surface area contributed by atoms with Crippen LogP contribution in [0.3, 0.4) is 0 Å². The second kappa shape index (κ2) is 6.75. The van der Waals surface area contributed by atoms with E-state index in [1.807, 2.05) is 11.5 Å². The van der Waals surface area contributed by atoms with E-state index in [1.165, 1.54) is 13.2 Å². The molecule has 0 amide bonds. The number of hydrogen-bond acceptors (Lipinski definition) is 3. The molecule has 2 rings (SSSR count). The lowest BCUT2D eigenvalue weighted by Crippen LogP contribution is -2.19. The van der Waals surface area contributed by atoms with Gasteiger partial charge in [-0.3, -0.25) is 4.21 Å². The Kier molecular flexibility index (Phi) is 5.22. The highest BCUT2D eigenvalue weighted by Crippen LogP contribution is 2.26. The molecule has 4 nitrogen and oxygen atoms in total. The smallest absolute Gasteiger partial charge is 0.167 e. The van der Waals surface area contributed by atoms with E-state index in [4.69, 9.17) is 16.3 Å². The highest BCUT2D eigenvalue weighted by molar-refractivity contribution is 7.84. The summed E-state index contributed by atoms with van der Waals surface area (Å²) in [5.74, 6) is 0.919. The summed E-state index contributed by atoms with van der Waals surface area (Å²) in [5.41, 5.74) is 1.33. The zero-order valence-electron chi connectivity index (χ0n) is 12.2. The summed E-state index contributed by atoms with van der Waals surface area (Å²) in [7, 11) is 0.476. The highest BCUT2D eigenvalue weighted by Gasteiger charge is 2.17. The number of nitrogens with zero attached hydrogens (tertiary/aromatic N) is 2. The van der Waals surface area contributed by atoms with Crippen LogP contribution in [-0.4, -0.2) is 38.3 Å². The van der Waals surface area contributed by atoms with Gasteiger partial charge in [-0.2, -0.15) is 0 Å². The van der Waals surface area contributed by atoms with Crippen molar-refractivity contribution in [2.75, 3.05) is 19.2 Å². The first kappa shape index (κ1) is 16.2. The molecule has 0 aliphatic carbocycles. The average molecular weight is 333 g/mol. The van der Waals surface area contributed by atoms with E-state index in [0.29, 0.717) is 24.4 Å². The topological polar surface area (TPSA) is 44.1 Å². The average Bonchev–Trinajstić information content (AvgIpc) is 2.75. The lowest BCUT2D eigenvalue weighted by atomic mass is 10.2. The minimum Gasteiger partial charge on any atom is -0.494 e. The lowest BCUT2D eigenvalue weighted by Gasteiger charge is -2.13. The first-order chi connectivity index (χ1) is 9.97. The zero-order chi connectivity index (χ0) is 15.6. The minimum atomic E-state index is -0.949. The summed E-state index contributed by atoms with van der Waals surface area (Å²) in [6, 6.07) is 2.98. The molecule has 2 aromatic rings. The van der Waals surface area contributed by atoms with E-state index >= 15 is 0 Å². The summed E-state index contributed by atoms with van der Waals surface area (Å²) in [5, 5.41) is -0.0347. The van der Waals surface area contributed by atoms with Gasteiger partial charge in [0.15, 0.2) is 11.6 Å². The van der Waals surface area contributed by atoms with Crippen molar-refractivity contribution in [1.82, 2.24) is 9.55 Å². The van der Waals surface area contributed by atoms with Crippen molar-refractivity contribution in [3.05, 3.63) is 23.8 Å². The van der Waals surface area contributed by atoms with E-state index in [1.54, 1.807) is 12.3 Å². The first-order valence-electron chi connectivity index (χ1n) is 6.58. The Bertz CT molecular complexity index is 675. The quantitative estimate of drug-likeness (QED) is 0.764. The Morgan fingerprint density at radius 3 is 2.81 bits per heavy atom. The van der Waals surface area contributed by atoms with Crippen molar-refractivity contribution >= 4 is 33.4 Å². The molecule has 0 aliphatic rings. The van der Waals surface area contributed by atoms with Crippen molar-refractivity contribution < 1.29 is 13.3 Å². The van der Waals surface area contributed by atoms with Crippen LogP contribution in [-0.2, 0) is 23.8 Å². The molecule has 0 N–H and O–H groups in total. The molecule has 1 aromatic carbocycles. The van der Waals surface area contributed by atoms with Crippen LogP contribution in [0.1, 0.15) is 12.7 Å². The molecule has 0 radical (unpaired) electrons. The third-order valence-electron chi connectivity index (χ3n) is 3.43. The molecule has 2 unspecified atom stereocenters. The number of hydrogen-bond donors (Lipinski definition) is 0. The van der Waals surface area contributed by atoms with Crippen LogP contribution in [0.25, 0.3) is 11.0 Å². The molecule has 2 atom stereocenters. The molecule has 1 heterocycles. The standard InChI is InChI=1S/C14H18ClFN2O2S/c1-9(21(3)19)8-18-12-7-13(20-2)10(16)6-11(12)17-14(18)4-5-15/h6-7,9H,4-5,8H2,1-3H3. The third-order valence-corrected chi connectivity index (χ3v) is 4.90. The Labute approximate surface area is 130 Å². The number of aromatic nitrogens is 2. The van der Waals surface area contributed by atoms with Gasteiger partial charge in [-0.25, -0.2) is 9.37 Å². The van der Waals surface area contributed by atoms with Gasteiger partial charge in [0.2, 0.25) is 0 Å². The SMILES string of the molecule is COc1cc2c(cc1F)nc(CCCl)n2CC(C)S(C)=O. The van der Waals surface area contributed by atoms with Crippen LogP contribution in [0.2, 0.25) is 0 Å². The number of rotatable bonds is 6. The van der Waals surface area contributed by atoms with E-state index < -0.39 is 16.6 Å². The number of alkyl halides is 1. The number of imidazole rings is 1. The maximum atomic E-state index is 13.8. The summed E-state index contributed by atoms with van der Waals surface area (Å²) >= 11 is 5.81. The fourth-order valence-corrected chi connectivity index (χ4v) is 2.70. The molecule has 0 saturated heterocycles. The number of aryl methyl sites for hydroxylation is 1. The van der Waals surface area contributed by atoms with Crippen molar-refractivity contribution in [1.29, 1.82) is 0 Å².